The van der Waals surface area contributed by atoms with Crippen LogP contribution >= 0.6 is 0 Å². The highest BCUT2D eigenvalue weighted by molar-refractivity contribution is 6.08. The first kappa shape index (κ1) is 19.4. The Morgan fingerprint density at radius 2 is 1.69 bits per heavy atom. The topological polar surface area (TPSA) is 161 Å². The summed E-state index contributed by atoms with van der Waals surface area (Å²) in [6, 6.07) is 10.6. The molecule has 1 heterocycles. The summed E-state index contributed by atoms with van der Waals surface area (Å²) in [4.78, 5) is 45.7. The molecular formula is C18H13N5O6. The van der Waals surface area contributed by atoms with E-state index in [1.807, 2.05) is 0 Å². The average molecular weight is 395 g/mol. The number of nitrogens with one attached hydrogen (secondary N) is 2. The Labute approximate surface area is 162 Å². The van der Waals surface area contributed by atoms with Crippen LogP contribution in [0.15, 0.2) is 53.3 Å². The predicted octanol–water partition coefficient (Wildman–Crippen LogP) is 2.81. The van der Waals surface area contributed by atoms with Crippen molar-refractivity contribution in [2.45, 2.75) is 6.92 Å². The standard InChI is InChI=1S/C18H13N5O6/c1-10-15(11-5-7-13(8-6-11)22(26)27)16(18(25)21-20-10)17(24)19-12-3-2-4-14(9-12)23(28)29/h2-9H,1H3,(H,19,24)(H,21,25). The molecule has 0 spiro atoms. The maximum atomic E-state index is 12.8. The van der Waals surface area contributed by atoms with Gasteiger partial charge in [-0.25, -0.2) is 5.10 Å². The average Bonchev–Trinajstić information content (AvgIpc) is 2.69. The molecule has 0 saturated heterocycles. The SMILES string of the molecule is Cc1n[nH]c(=O)c(C(=O)Nc2cccc([N+](=O)[O-])c2)c1-c1ccc([N+](=O)[O-])cc1. The van der Waals surface area contributed by atoms with Gasteiger partial charge in [-0.1, -0.05) is 6.07 Å². The smallest absolute Gasteiger partial charge is 0.277 e. The van der Waals surface area contributed by atoms with E-state index in [-0.39, 0.29) is 28.2 Å². The van der Waals surface area contributed by atoms with Gasteiger partial charge in [0, 0.05) is 35.5 Å². The Bertz CT molecular complexity index is 1190. The number of hydrogen-bond acceptors (Lipinski definition) is 7. The molecule has 0 aliphatic carbocycles. The van der Waals surface area contributed by atoms with Gasteiger partial charge in [0.2, 0.25) is 0 Å². The van der Waals surface area contributed by atoms with Crippen LogP contribution in [0, 0.1) is 27.2 Å². The number of nitrogens with zero attached hydrogens (tertiary/aromatic N) is 3. The molecule has 0 bridgehead atoms. The molecule has 2 N–H and O–H groups in total. The summed E-state index contributed by atoms with van der Waals surface area (Å²) in [5.74, 6) is -0.800. The lowest BCUT2D eigenvalue weighted by Gasteiger charge is -2.11. The van der Waals surface area contributed by atoms with Crippen LogP contribution in [0.25, 0.3) is 11.1 Å². The van der Waals surface area contributed by atoms with Crippen molar-refractivity contribution in [1.82, 2.24) is 10.2 Å². The number of rotatable bonds is 5. The molecule has 29 heavy (non-hydrogen) atoms. The van der Waals surface area contributed by atoms with E-state index < -0.39 is 21.3 Å². The van der Waals surface area contributed by atoms with E-state index in [0.29, 0.717) is 11.3 Å². The van der Waals surface area contributed by atoms with Crippen LogP contribution in [0.2, 0.25) is 0 Å². The lowest BCUT2D eigenvalue weighted by molar-refractivity contribution is -0.385. The second-order valence-electron chi connectivity index (χ2n) is 5.95. The van der Waals surface area contributed by atoms with E-state index >= 15 is 0 Å². The highest BCUT2D eigenvalue weighted by Crippen LogP contribution is 2.27. The molecule has 146 valence electrons. The molecule has 0 aliphatic rings. The van der Waals surface area contributed by atoms with Crippen LogP contribution < -0.4 is 10.9 Å². The molecule has 11 nitrogen and oxygen atoms in total. The Hall–Kier alpha value is -4.41. The van der Waals surface area contributed by atoms with Gasteiger partial charge >= 0.3 is 0 Å². The fourth-order valence-electron chi connectivity index (χ4n) is 2.75. The molecule has 3 rings (SSSR count). The predicted molar refractivity (Wildman–Crippen MR) is 103 cm³/mol. The number of carbonyl (C=O) groups is 1. The molecule has 2 aromatic carbocycles. The molecule has 1 aromatic heterocycles. The summed E-state index contributed by atoms with van der Waals surface area (Å²) < 4.78 is 0. The lowest BCUT2D eigenvalue weighted by atomic mass is 9.99. The van der Waals surface area contributed by atoms with E-state index in [0.717, 1.165) is 6.07 Å². The third kappa shape index (κ3) is 3.98. The van der Waals surface area contributed by atoms with Gasteiger partial charge in [0.25, 0.3) is 22.8 Å². The van der Waals surface area contributed by atoms with Crippen LogP contribution in [0.3, 0.4) is 0 Å². The van der Waals surface area contributed by atoms with Gasteiger partial charge in [0.15, 0.2) is 0 Å². The fourth-order valence-corrected chi connectivity index (χ4v) is 2.75. The van der Waals surface area contributed by atoms with Gasteiger partial charge in [-0.05, 0) is 30.7 Å². The zero-order valence-corrected chi connectivity index (χ0v) is 14.9. The highest BCUT2D eigenvalue weighted by atomic mass is 16.6. The van der Waals surface area contributed by atoms with Gasteiger partial charge in [0.05, 0.1) is 15.5 Å². The number of non-ortho nitro benzene ring substituents is 2. The number of H-pyrrole nitrogens is 1. The number of hydrogen-bond donors (Lipinski definition) is 2. The van der Waals surface area contributed by atoms with E-state index in [9.17, 15) is 29.8 Å². The summed E-state index contributed by atoms with van der Waals surface area (Å²) >= 11 is 0. The molecule has 0 atom stereocenters. The van der Waals surface area contributed by atoms with Gasteiger partial charge in [-0.2, -0.15) is 5.10 Å². The third-order valence-corrected chi connectivity index (χ3v) is 4.07. The molecule has 0 aliphatic heterocycles. The van der Waals surface area contributed by atoms with Crippen molar-refractivity contribution in [2.75, 3.05) is 5.32 Å². The number of nitro groups is 2. The van der Waals surface area contributed by atoms with Crippen molar-refractivity contribution < 1.29 is 14.6 Å². The minimum absolute atomic E-state index is 0.132. The van der Waals surface area contributed by atoms with E-state index in [1.165, 1.54) is 42.5 Å². The van der Waals surface area contributed by atoms with E-state index in [2.05, 4.69) is 15.5 Å². The number of amides is 1. The monoisotopic (exact) mass is 395 g/mol. The highest BCUT2D eigenvalue weighted by Gasteiger charge is 2.21. The first-order chi connectivity index (χ1) is 13.8. The number of anilines is 1. The number of aromatic amines is 1. The molecule has 0 radical (unpaired) electrons. The Balaban J connectivity index is 2.05. The fraction of sp³-hybridized carbons (Fsp3) is 0.0556. The molecule has 11 heteroatoms. The number of benzene rings is 2. The van der Waals surface area contributed by atoms with Crippen molar-refractivity contribution in [3.8, 4) is 11.1 Å². The molecule has 0 unspecified atom stereocenters. The van der Waals surface area contributed by atoms with Crippen molar-refractivity contribution >= 4 is 23.0 Å². The lowest BCUT2D eigenvalue weighted by Crippen LogP contribution is -2.26. The number of aromatic nitrogens is 2. The summed E-state index contributed by atoms with van der Waals surface area (Å²) in [5.41, 5.74) is -0.368. The van der Waals surface area contributed by atoms with Gasteiger partial charge in [-0.3, -0.25) is 29.8 Å². The normalized spacial score (nSPS) is 10.4. The van der Waals surface area contributed by atoms with Crippen molar-refractivity contribution in [3.63, 3.8) is 0 Å². The van der Waals surface area contributed by atoms with Crippen LogP contribution in [0.5, 0.6) is 0 Å². The molecule has 0 fully saturated rings. The van der Waals surface area contributed by atoms with E-state index in [1.54, 1.807) is 6.92 Å². The second-order valence-corrected chi connectivity index (χ2v) is 5.95. The Morgan fingerprint density at radius 3 is 2.31 bits per heavy atom. The van der Waals surface area contributed by atoms with Gasteiger partial charge < -0.3 is 5.32 Å². The summed E-state index contributed by atoms with van der Waals surface area (Å²) in [5, 5.41) is 30.3. The van der Waals surface area contributed by atoms with Crippen LogP contribution in [0.1, 0.15) is 16.1 Å². The summed E-state index contributed by atoms with van der Waals surface area (Å²) in [6.45, 7) is 1.57. The maximum Gasteiger partial charge on any atom is 0.277 e. The maximum absolute atomic E-state index is 12.8. The minimum atomic E-state index is -0.800. The van der Waals surface area contributed by atoms with Crippen LogP contribution in [0.4, 0.5) is 17.1 Å². The van der Waals surface area contributed by atoms with Crippen molar-refractivity contribution in [3.05, 3.63) is 90.4 Å². The minimum Gasteiger partial charge on any atom is -0.322 e. The number of aryl methyl sites for hydroxylation is 1. The van der Waals surface area contributed by atoms with E-state index in [4.69, 9.17) is 0 Å². The number of nitro benzene ring substituents is 2. The first-order valence-electron chi connectivity index (χ1n) is 8.18. The Kier molecular flexibility index (Phi) is 5.13. The largest absolute Gasteiger partial charge is 0.322 e. The van der Waals surface area contributed by atoms with Crippen LogP contribution in [-0.2, 0) is 0 Å². The summed E-state index contributed by atoms with van der Waals surface area (Å²) in [7, 11) is 0. The van der Waals surface area contributed by atoms with Crippen molar-refractivity contribution in [1.29, 1.82) is 0 Å². The second kappa shape index (κ2) is 7.68. The van der Waals surface area contributed by atoms with Gasteiger partial charge in [0.1, 0.15) is 5.56 Å². The molecule has 0 saturated carbocycles. The molecule has 1 amide bonds. The third-order valence-electron chi connectivity index (χ3n) is 4.07. The molecule has 3 aromatic rings. The van der Waals surface area contributed by atoms with Gasteiger partial charge in [-0.15, -0.1) is 0 Å². The summed E-state index contributed by atoms with van der Waals surface area (Å²) in [6.07, 6.45) is 0. The van der Waals surface area contributed by atoms with Crippen LogP contribution in [-0.4, -0.2) is 26.0 Å². The van der Waals surface area contributed by atoms with Crippen molar-refractivity contribution in [2.24, 2.45) is 0 Å². The molecular weight excluding hydrogens is 382 g/mol. The quantitative estimate of drug-likeness (QED) is 0.496. The zero-order valence-electron chi connectivity index (χ0n) is 14.9. The number of carbonyl (C=O) groups excluding carboxylic acids is 1. The Morgan fingerprint density at radius 1 is 1.03 bits per heavy atom. The first-order valence-corrected chi connectivity index (χ1v) is 8.18. The zero-order chi connectivity index (χ0) is 21.1.